The van der Waals surface area contributed by atoms with E-state index in [0.29, 0.717) is 12.3 Å². The summed E-state index contributed by atoms with van der Waals surface area (Å²) in [4.78, 5) is 37.2. The van der Waals surface area contributed by atoms with Crippen LogP contribution >= 0.6 is 0 Å². The number of hydroxylamine groups is 2. The van der Waals surface area contributed by atoms with Gasteiger partial charge in [-0.25, -0.2) is 14.5 Å². The third-order valence-corrected chi connectivity index (χ3v) is 4.08. The summed E-state index contributed by atoms with van der Waals surface area (Å²) in [6.45, 7) is 5.74. The largest absolute Gasteiger partial charge is 0.359 e. The average Bonchev–Trinajstić information content (AvgIpc) is 2.66. The van der Waals surface area contributed by atoms with Crippen LogP contribution < -0.4 is 11.1 Å². The Bertz CT molecular complexity index is 621. The van der Waals surface area contributed by atoms with Crippen LogP contribution in [0.25, 0.3) is 0 Å². The fraction of sp³-hybridized carbons (Fsp3) is 0.526. The highest BCUT2D eigenvalue weighted by Crippen LogP contribution is 2.10. The topological polar surface area (TPSA) is 116 Å². The maximum absolute atomic E-state index is 12.3. The number of nitrogens with one attached hydrogen (secondary N) is 1. The summed E-state index contributed by atoms with van der Waals surface area (Å²) in [6.07, 6.45) is 1.41. The molecule has 0 spiro atoms. The molecular weight excluding hydrogens is 348 g/mol. The molecule has 0 saturated carbocycles. The number of benzene rings is 1. The Morgan fingerprint density at radius 2 is 1.81 bits per heavy atom. The second-order valence-corrected chi connectivity index (χ2v) is 6.72. The normalized spacial score (nSPS) is 11.8. The van der Waals surface area contributed by atoms with Gasteiger partial charge in [-0.05, 0) is 24.8 Å². The molecule has 0 aliphatic rings. The first-order valence-corrected chi connectivity index (χ1v) is 9.19. The van der Waals surface area contributed by atoms with Crippen molar-refractivity contribution in [3.63, 3.8) is 0 Å². The van der Waals surface area contributed by atoms with Crippen LogP contribution in [0.4, 0.5) is 9.59 Å². The van der Waals surface area contributed by atoms with Gasteiger partial charge < -0.3 is 11.1 Å². The number of nitrogens with two attached hydrogens (primary N) is 1. The molecule has 1 aromatic carbocycles. The summed E-state index contributed by atoms with van der Waals surface area (Å²) in [5, 5.41) is 12.4. The maximum Gasteiger partial charge on any atom is 0.359 e. The fourth-order valence-corrected chi connectivity index (χ4v) is 2.46. The number of imide groups is 2. The summed E-state index contributed by atoms with van der Waals surface area (Å²) in [6, 6.07) is 6.99. The second kappa shape index (κ2) is 11.3. The molecule has 4 N–H and O–H groups in total. The van der Waals surface area contributed by atoms with Crippen LogP contribution in [0.15, 0.2) is 30.3 Å². The lowest BCUT2D eigenvalue weighted by Crippen LogP contribution is -2.51. The molecule has 8 nitrogen and oxygen atoms in total. The number of hydrogen-bond donors (Lipinski definition) is 3. The number of rotatable bonds is 8. The molecule has 0 bridgehead atoms. The number of hydrogen-bond acceptors (Lipinski definition) is 5. The summed E-state index contributed by atoms with van der Waals surface area (Å²) in [5.74, 6) is -0.305. The van der Waals surface area contributed by atoms with Gasteiger partial charge in [-0.2, -0.15) is 0 Å². The molecular formula is C19H30N4O4. The van der Waals surface area contributed by atoms with E-state index in [-0.39, 0.29) is 24.6 Å². The molecule has 0 aromatic heterocycles. The quantitative estimate of drug-likeness (QED) is 0.475. The van der Waals surface area contributed by atoms with E-state index in [0.717, 1.165) is 16.9 Å². The van der Waals surface area contributed by atoms with Gasteiger partial charge in [0.2, 0.25) is 0 Å². The minimum Gasteiger partial charge on any atom is -0.336 e. The van der Waals surface area contributed by atoms with E-state index >= 15 is 0 Å². The zero-order valence-electron chi connectivity index (χ0n) is 16.2. The van der Waals surface area contributed by atoms with E-state index < -0.39 is 24.0 Å². The second-order valence-electron chi connectivity index (χ2n) is 6.72. The van der Waals surface area contributed by atoms with Crippen molar-refractivity contribution in [2.75, 3.05) is 13.1 Å². The molecule has 1 rings (SSSR count). The van der Waals surface area contributed by atoms with Crippen LogP contribution in [-0.4, -0.2) is 46.2 Å². The lowest BCUT2D eigenvalue weighted by molar-refractivity contribution is -0.154. The minimum atomic E-state index is -1.07. The van der Waals surface area contributed by atoms with Crippen LogP contribution in [0, 0.1) is 5.92 Å². The first kappa shape index (κ1) is 22.6. The lowest BCUT2D eigenvalue weighted by atomic mass is 10.1. The summed E-state index contributed by atoms with van der Waals surface area (Å²) in [5.41, 5.74) is 6.86. The van der Waals surface area contributed by atoms with E-state index in [1.165, 1.54) is 0 Å². The SMILES string of the molecule is CCN(C(=O)NCC(N)c1ccccc1)C(=O)N(O)C(=O)CCCC(C)C. The Labute approximate surface area is 160 Å². The van der Waals surface area contributed by atoms with Gasteiger partial charge in [0.25, 0.3) is 5.91 Å². The third-order valence-electron chi connectivity index (χ3n) is 4.08. The lowest BCUT2D eigenvalue weighted by Gasteiger charge is -2.24. The Hall–Kier alpha value is -2.45. The van der Waals surface area contributed by atoms with Gasteiger partial charge in [0.15, 0.2) is 0 Å². The molecule has 27 heavy (non-hydrogen) atoms. The smallest absolute Gasteiger partial charge is 0.336 e. The van der Waals surface area contributed by atoms with Gasteiger partial charge in [0.05, 0.1) is 0 Å². The summed E-state index contributed by atoms with van der Waals surface area (Å²) in [7, 11) is 0. The Balaban J connectivity index is 2.57. The van der Waals surface area contributed by atoms with Crippen molar-refractivity contribution in [3.8, 4) is 0 Å². The molecule has 1 atom stereocenters. The van der Waals surface area contributed by atoms with Crippen LogP contribution in [-0.2, 0) is 4.79 Å². The molecule has 0 saturated heterocycles. The molecule has 0 radical (unpaired) electrons. The van der Waals surface area contributed by atoms with Gasteiger partial charge in [0.1, 0.15) is 0 Å². The Morgan fingerprint density at radius 1 is 1.19 bits per heavy atom. The molecule has 0 fully saturated rings. The molecule has 1 unspecified atom stereocenters. The fourth-order valence-electron chi connectivity index (χ4n) is 2.46. The van der Waals surface area contributed by atoms with Crippen molar-refractivity contribution in [2.24, 2.45) is 11.7 Å². The molecule has 5 amide bonds. The summed E-state index contributed by atoms with van der Waals surface area (Å²) >= 11 is 0. The van der Waals surface area contributed by atoms with Crippen molar-refractivity contribution in [1.29, 1.82) is 0 Å². The highest BCUT2D eigenvalue weighted by Gasteiger charge is 2.28. The van der Waals surface area contributed by atoms with Crippen LogP contribution in [0.1, 0.15) is 51.6 Å². The average molecular weight is 378 g/mol. The van der Waals surface area contributed by atoms with E-state index in [2.05, 4.69) is 5.32 Å². The zero-order chi connectivity index (χ0) is 20.4. The van der Waals surface area contributed by atoms with E-state index in [9.17, 15) is 19.6 Å². The standard InChI is InChI=1S/C19H30N4O4/c1-4-22(19(26)23(27)17(24)12-8-9-14(2)3)18(25)21-13-16(20)15-10-6-5-7-11-15/h5-7,10-11,14,16,27H,4,8-9,12-13,20H2,1-3H3,(H,21,25). The van der Waals surface area contributed by atoms with Crippen molar-refractivity contribution in [3.05, 3.63) is 35.9 Å². The predicted molar refractivity (Wildman–Crippen MR) is 102 cm³/mol. The van der Waals surface area contributed by atoms with Crippen LogP contribution in [0.5, 0.6) is 0 Å². The highest BCUT2D eigenvalue weighted by atomic mass is 16.5. The number of urea groups is 2. The van der Waals surface area contributed by atoms with Crippen LogP contribution in [0.3, 0.4) is 0 Å². The molecule has 0 heterocycles. The van der Waals surface area contributed by atoms with Gasteiger partial charge >= 0.3 is 12.1 Å². The molecule has 0 aliphatic carbocycles. The number of carbonyl (C=O) groups excluding carboxylic acids is 3. The Kier molecular flexibility index (Phi) is 9.46. The third kappa shape index (κ3) is 7.36. The van der Waals surface area contributed by atoms with E-state index in [4.69, 9.17) is 5.73 Å². The van der Waals surface area contributed by atoms with Crippen molar-refractivity contribution < 1.29 is 19.6 Å². The van der Waals surface area contributed by atoms with Crippen LogP contribution in [0.2, 0.25) is 0 Å². The molecule has 8 heteroatoms. The van der Waals surface area contributed by atoms with Crippen molar-refractivity contribution in [2.45, 2.75) is 46.1 Å². The summed E-state index contributed by atoms with van der Waals surface area (Å²) < 4.78 is 0. The first-order valence-electron chi connectivity index (χ1n) is 9.19. The monoisotopic (exact) mass is 378 g/mol. The van der Waals surface area contributed by atoms with Gasteiger partial charge in [0, 0.05) is 25.6 Å². The van der Waals surface area contributed by atoms with Gasteiger partial charge in [-0.1, -0.05) is 50.6 Å². The van der Waals surface area contributed by atoms with Gasteiger partial charge in [-0.3, -0.25) is 10.0 Å². The van der Waals surface area contributed by atoms with Crippen molar-refractivity contribution in [1.82, 2.24) is 15.3 Å². The number of nitrogens with zero attached hydrogens (tertiary/aromatic N) is 2. The van der Waals surface area contributed by atoms with E-state index in [1.54, 1.807) is 6.92 Å². The van der Waals surface area contributed by atoms with E-state index in [1.807, 2.05) is 44.2 Å². The molecule has 0 aliphatic heterocycles. The predicted octanol–water partition coefficient (Wildman–Crippen LogP) is 2.88. The minimum absolute atomic E-state index is 0.00156. The zero-order valence-corrected chi connectivity index (χ0v) is 16.2. The van der Waals surface area contributed by atoms with Crippen molar-refractivity contribution >= 4 is 18.0 Å². The number of amides is 5. The Morgan fingerprint density at radius 3 is 2.37 bits per heavy atom. The number of carbonyl (C=O) groups is 3. The highest BCUT2D eigenvalue weighted by molar-refractivity contribution is 6.00. The first-order chi connectivity index (χ1) is 12.8. The molecule has 1 aromatic rings. The van der Waals surface area contributed by atoms with Gasteiger partial charge in [-0.15, -0.1) is 5.06 Å². The maximum atomic E-state index is 12.3. The molecule has 150 valence electrons.